The molecule has 284 valence electrons. The van der Waals surface area contributed by atoms with E-state index in [1.54, 1.807) is 24.3 Å². The molecular formula is C39H45N7O8. The number of aryl methyl sites for hydroxylation is 1. The molecule has 5 N–H and O–H groups in total. The van der Waals surface area contributed by atoms with Gasteiger partial charge in [0.05, 0.1) is 18.8 Å². The van der Waals surface area contributed by atoms with Gasteiger partial charge in [0.1, 0.15) is 35.4 Å². The summed E-state index contributed by atoms with van der Waals surface area (Å²) in [6, 6.07) is 18.9. The van der Waals surface area contributed by atoms with Gasteiger partial charge in [-0.15, -0.1) is 0 Å². The summed E-state index contributed by atoms with van der Waals surface area (Å²) in [5, 5.41) is 20.2. The van der Waals surface area contributed by atoms with Crippen LogP contribution in [-0.2, 0) is 27.8 Å². The number of oxazole rings is 1. The summed E-state index contributed by atoms with van der Waals surface area (Å²) in [7, 11) is 1.54. The Morgan fingerprint density at radius 2 is 1.80 bits per heavy atom. The lowest BCUT2D eigenvalue weighted by molar-refractivity contribution is -0.134. The number of Topliss-reactive ketones (excluding diaryl/α,β-unsaturated/α-hetero) is 1. The van der Waals surface area contributed by atoms with Gasteiger partial charge in [0, 0.05) is 37.9 Å². The molecule has 0 aliphatic heterocycles. The van der Waals surface area contributed by atoms with Crippen molar-refractivity contribution in [2.75, 3.05) is 25.1 Å². The monoisotopic (exact) mass is 739 g/mol. The van der Waals surface area contributed by atoms with Gasteiger partial charge in [0.25, 0.3) is 17.4 Å². The first-order valence-electron chi connectivity index (χ1n) is 17.7. The van der Waals surface area contributed by atoms with Crippen molar-refractivity contribution in [3.63, 3.8) is 0 Å². The second-order valence-corrected chi connectivity index (χ2v) is 13.2. The normalized spacial score (nSPS) is 13.0. The molecule has 0 saturated carbocycles. The summed E-state index contributed by atoms with van der Waals surface area (Å²) < 4.78 is 18.3. The van der Waals surface area contributed by atoms with E-state index in [-0.39, 0.29) is 48.5 Å². The van der Waals surface area contributed by atoms with E-state index in [0.29, 0.717) is 54.1 Å². The number of hydrogen-bond acceptors (Lipinski definition) is 12. The molecule has 2 aromatic carbocycles. The van der Waals surface area contributed by atoms with Crippen molar-refractivity contribution in [1.29, 1.82) is 0 Å². The van der Waals surface area contributed by atoms with Crippen LogP contribution < -0.4 is 26.7 Å². The van der Waals surface area contributed by atoms with E-state index in [4.69, 9.17) is 19.6 Å². The zero-order valence-electron chi connectivity index (χ0n) is 30.4. The summed E-state index contributed by atoms with van der Waals surface area (Å²) in [6.07, 6.45) is 1.39. The van der Waals surface area contributed by atoms with Crippen molar-refractivity contribution in [1.82, 2.24) is 25.1 Å². The summed E-state index contributed by atoms with van der Waals surface area (Å²) in [4.78, 5) is 58.9. The van der Waals surface area contributed by atoms with E-state index in [2.05, 4.69) is 25.7 Å². The largest absolute Gasteiger partial charge is 0.490 e. The van der Waals surface area contributed by atoms with Crippen LogP contribution >= 0.6 is 0 Å². The van der Waals surface area contributed by atoms with Gasteiger partial charge in [-0.2, -0.15) is 5.10 Å². The van der Waals surface area contributed by atoms with Crippen LogP contribution in [0.3, 0.4) is 0 Å². The molecule has 0 unspecified atom stereocenters. The van der Waals surface area contributed by atoms with Gasteiger partial charge in [-0.25, -0.2) is 14.6 Å². The fourth-order valence-electron chi connectivity index (χ4n) is 5.56. The van der Waals surface area contributed by atoms with Gasteiger partial charge >= 0.3 is 0 Å². The van der Waals surface area contributed by atoms with Crippen molar-refractivity contribution in [3.05, 3.63) is 101 Å². The molecule has 3 heterocycles. The smallest absolute Gasteiger partial charge is 0.274 e. The fraction of sp³-hybridized carbons (Fsp3) is 0.359. The second kappa shape index (κ2) is 18.8. The summed E-state index contributed by atoms with van der Waals surface area (Å²) in [5.74, 6) is -0.392. The highest BCUT2D eigenvalue weighted by molar-refractivity contribution is 6.03. The molecule has 3 aromatic heterocycles. The lowest BCUT2D eigenvalue weighted by atomic mass is 9.96. The van der Waals surface area contributed by atoms with E-state index in [9.17, 15) is 24.3 Å². The Kier molecular flexibility index (Phi) is 13.7. The van der Waals surface area contributed by atoms with E-state index >= 15 is 0 Å². The van der Waals surface area contributed by atoms with Gasteiger partial charge in [-0.3, -0.25) is 19.2 Å². The molecule has 0 saturated heterocycles. The number of ether oxygens (including phenoxy) is 2. The molecule has 3 atom stereocenters. The van der Waals surface area contributed by atoms with E-state index in [1.807, 2.05) is 44.2 Å². The van der Waals surface area contributed by atoms with Crippen LogP contribution in [0.5, 0.6) is 5.75 Å². The van der Waals surface area contributed by atoms with Gasteiger partial charge in [0.2, 0.25) is 5.89 Å². The molecule has 0 spiro atoms. The number of carbonyl (C=O) groups is 3. The Labute approximate surface area is 311 Å². The zero-order valence-corrected chi connectivity index (χ0v) is 30.4. The maximum absolute atomic E-state index is 13.0. The minimum absolute atomic E-state index is 0.139. The Balaban J connectivity index is 1.00. The Bertz CT molecular complexity index is 2080. The van der Waals surface area contributed by atoms with Gasteiger partial charge in [-0.05, 0) is 67.1 Å². The molecule has 0 bridgehead atoms. The van der Waals surface area contributed by atoms with Crippen molar-refractivity contribution in [2.45, 2.75) is 57.7 Å². The zero-order chi connectivity index (χ0) is 38.6. The summed E-state index contributed by atoms with van der Waals surface area (Å²) in [5.41, 5.74) is 8.81. The summed E-state index contributed by atoms with van der Waals surface area (Å²) >= 11 is 0. The molecule has 15 heteroatoms. The number of rotatable bonds is 19. The maximum atomic E-state index is 13.0. The number of carbonyl (C=O) groups excluding carboxylic acids is 3. The third kappa shape index (κ3) is 11.1. The number of benzene rings is 2. The van der Waals surface area contributed by atoms with E-state index < -0.39 is 30.0 Å². The molecule has 0 radical (unpaired) electrons. The standard InChI is InChI=1S/C39H45N7O8/c1-24(2)20-31(43-38(51)36(49)28(40)21-25-8-5-4-6-9-25)33(47)10-7-17-52-18-19-53-27-12-13-29(41-23-27)37(50)42-26-11-15-34-32(22-26)44-39(54-34)30-14-16-35(48)46(3)45-30/h4-6,8-9,11-16,22-24,28,31,36,49H,7,10,17-21,40H2,1-3H3,(H,42,50)(H,43,51)/t28-,31+,36+/m1/s1. The minimum Gasteiger partial charge on any atom is -0.490 e. The molecule has 15 nitrogen and oxygen atoms in total. The first kappa shape index (κ1) is 39.4. The quantitative estimate of drug-likeness (QED) is 0.0897. The van der Waals surface area contributed by atoms with Crippen molar-refractivity contribution in [2.24, 2.45) is 18.7 Å². The predicted molar refractivity (Wildman–Crippen MR) is 201 cm³/mol. The Morgan fingerprint density at radius 3 is 2.52 bits per heavy atom. The average molecular weight is 740 g/mol. The van der Waals surface area contributed by atoms with Crippen LogP contribution in [0.2, 0.25) is 0 Å². The van der Waals surface area contributed by atoms with Crippen molar-refractivity contribution < 1.29 is 33.4 Å². The van der Waals surface area contributed by atoms with Gasteiger partial charge in [-0.1, -0.05) is 44.2 Å². The number of nitrogens with zero attached hydrogens (tertiary/aromatic N) is 4. The third-order valence-corrected chi connectivity index (χ3v) is 8.40. The van der Waals surface area contributed by atoms with Crippen LogP contribution in [0.1, 0.15) is 49.2 Å². The molecule has 5 aromatic rings. The Hall–Kier alpha value is -5.77. The lowest BCUT2D eigenvalue weighted by Gasteiger charge is -2.24. The van der Waals surface area contributed by atoms with E-state index in [0.717, 1.165) is 5.56 Å². The number of hydrogen-bond donors (Lipinski definition) is 4. The number of amides is 2. The van der Waals surface area contributed by atoms with Gasteiger partial charge in [0.15, 0.2) is 11.4 Å². The molecule has 5 rings (SSSR count). The number of ketones is 1. The third-order valence-electron chi connectivity index (χ3n) is 8.40. The minimum atomic E-state index is -1.45. The number of pyridine rings is 1. The number of aliphatic hydroxyl groups excluding tert-OH is 1. The van der Waals surface area contributed by atoms with Crippen LogP contribution in [0.25, 0.3) is 22.7 Å². The van der Waals surface area contributed by atoms with Crippen LogP contribution in [-0.4, -0.2) is 80.5 Å². The lowest BCUT2D eigenvalue weighted by Crippen LogP contribution is -2.52. The van der Waals surface area contributed by atoms with Crippen LogP contribution in [0.15, 0.2) is 88.2 Å². The second-order valence-electron chi connectivity index (χ2n) is 13.2. The molecular weight excluding hydrogens is 694 g/mol. The number of aromatic nitrogens is 4. The predicted octanol–water partition coefficient (Wildman–Crippen LogP) is 3.44. The van der Waals surface area contributed by atoms with Crippen LogP contribution in [0, 0.1) is 5.92 Å². The summed E-state index contributed by atoms with van der Waals surface area (Å²) in [6.45, 7) is 4.71. The SMILES string of the molecule is CC(C)C[C@H](NC(=O)[C@@H](O)[C@H](N)Cc1ccccc1)C(=O)CCCOCCOc1ccc(C(=O)Nc2ccc3oc(-c4ccc(=O)n(C)n4)nc3c2)nc1. The molecule has 0 aliphatic carbocycles. The maximum Gasteiger partial charge on any atom is 0.274 e. The highest BCUT2D eigenvalue weighted by atomic mass is 16.5. The van der Waals surface area contributed by atoms with E-state index in [1.165, 1.54) is 36.1 Å². The molecule has 2 amide bonds. The number of anilines is 1. The highest BCUT2D eigenvalue weighted by Crippen LogP contribution is 2.25. The fourth-order valence-corrected chi connectivity index (χ4v) is 5.56. The number of nitrogens with one attached hydrogen (secondary N) is 2. The number of nitrogens with two attached hydrogens (primary N) is 1. The van der Waals surface area contributed by atoms with Crippen molar-refractivity contribution >= 4 is 34.4 Å². The van der Waals surface area contributed by atoms with Crippen molar-refractivity contribution in [3.8, 4) is 17.3 Å². The molecule has 0 aliphatic rings. The molecule has 0 fully saturated rings. The molecule has 54 heavy (non-hydrogen) atoms. The topological polar surface area (TPSA) is 214 Å². The number of fused-ring (bicyclic) bond motifs is 1. The average Bonchev–Trinajstić information content (AvgIpc) is 3.59. The number of aliphatic hydroxyl groups is 1. The van der Waals surface area contributed by atoms with Gasteiger partial charge < -0.3 is 35.4 Å². The first-order chi connectivity index (χ1) is 26.0. The van der Waals surface area contributed by atoms with Crippen LogP contribution in [0.4, 0.5) is 5.69 Å². The Morgan fingerprint density at radius 1 is 1.00 bits per heavy atom. The highest BCUT2D eigenvalue weighted by Gasteiger charge is 2.28. The first-order valence-corrected chi connectivity index (χ1v) is 17.7.